The minimum atomic E-state index is -1.20. The fraction of sp³-hybridized carbons (Fsp3) is 0.400. The topological polar surface area (TPSA) is 59.4 Å². The van der Waals surface area contributed by atoms with Crippen LogP contribution in [0.15, 0.2) is 31.0 Å². The van der Waals surface area contributed by atoms with Crippen molar-refractivity contribution in [1.82, 2.24) is 24.7 Å². The van der Waals surface area contributed by atoms with Gasteiger partial charge >= 0.3 is 0 Å². The summed E-state index contributed by atoms with van der Waals surface area (Å²) in [5, 5.41) is 1.73. The molecule has 0 spiro atoms. The Morgan fingerprint density at radius 1 is 1.08 bits per heavy atom. The third-order valence-electron chi connectivity index (χ3n) is 5.29. The van der Waals surface area contributed by atoms with E-state index in [2.05, 4.69) is 20.1 Å². The fourth-order valence-corrected chi connectivity index (χ4v) is 3.52. The first-order chi connectivity index (χ1) is 11.7. The highest BCUT2D eigenvalue weighted by atomic mass is 15.3. The second-order valence-electron chi connectivity index (χ2n) is 6.94. The molecule has 1 saturated carbocycles. The maximum Gasteiger partial charge on any atom is 0.141 e. The van der Waals surface area contributed by atoms with Crippen LogP contribution < -0.4 is 0 Å². The van der Waals surface area contributed by atoms with E-state index in [-0.39, 0.29) is 6.54 Å². The number of fused-ring (bicyclic) bond motifs is 1. The molecule has 0 amide bonds. The SMILES string of the molecule is [B]C1([B])CCC([B])([B])C1([B])Cn1cc(-c2ncnc3[nH]ccc23)cn1. The summed E-state index contributed by atoms with van der Waals surface area (Å²) in [5.74, 6) is 0. The molecule has 1 aliphatic carbocycles. The molecule has 5 nitrogen and oxygen atoms in total. The van der Waals surface area contributed by atoms with Gasteiger partial charge in [0.15, 0.2) is 0 Å². The largest absolute Gasteiger partial charge is 0.346 e. The number of hydrogen-bond donors (Lipinski definition) is 1. The summed E-state index contributed by atoms with van der Waals surface area (Å²) in [6, 6.07) is 1.92. The van der Waals surface area contributed by atoms with Crippen molar-refractivity contribution in [1.29, 1.82) is 0 Å². The molecule has 0 bridgehead atoms. The van der Waals surface area contributed by atoms with Crippen LogP contribution in [0.1, 0.15) is 12.8 Å². The van der Waals surface area contributed by atoms with Crippen LogP contribution in [0.25, 0.3) is 22.3 Å². The molecule has 1 fully saturated rings. The summed E-state index contributed by atoms with van der Waals surface area (Å²) in [7, 11) is 31.2. The fourth-order valence-electron chi connectivity index (χ4n) is 3.52. The zero-order valence-electron chi connectivity index (χ0n) is 13.7. The molecule has 3 heterocycles. The quantitative estimate of drug-likeness (QED) is 0.729. The molecule has 0 saturated heterocycles. The van der Waals surface area contributed by atoms with Crippen LogP contribution in [-0.4, -0.2) is 64.0 Å². The highest BCUT2D eigenvalue weighted by molar-refractivity contribution is 6.53. The van der Waals surface area contributed by atoms with Gasteiger partial charge in [-0.15, -0.1) is 10.4 Å². The van der Waals surface area contributed by atoms with Crippen molar-refractivity contribution in [2.24, 2.45) is 0 Å². The van der Waals surface area contributed by atoms with Crippen molar-refractivity contribution >= 4 is 50.3 Å². The van der Waals surface area contributed by atoms with Crippen LogP contribution in [0, 0.1) is 0 Å². The van der Waals surface area contributed by atoms with Gasteiger partial charge in [0, 0.05) is 29.9 Å². The summed E-state index contributed by atoms with van der Waals surface area (Å²) in [6.07, 6.45) is 7.74. The molecule has 3 aromatic heterocycles. The number of hydrogen-bond acceptors (Lipinski definition) is 3. The monoisotopic (exact) mass is 317 g/mol. The first-order valence-electron chi connectivity index (χ1n) is 7.99. The van der Waals surface area contributed by atoms with Crippen molar-refractivity contribution in [2.75, 3.05) is 0 Å². The highest BCUT2D eigenvalue weighted by Gasteiger charge is 2.53. The number of aromatic amines is 1. The Bertz CT molecular complexity index is 915. The van der Waals surface area contributed by atoms with Crippen LogP contribution in [0.4, 0.5) is 0 Å². The number of aromatic nitrogens is 5. The second kappa shape index (κ2) is 5.32. The molecule has 25 heavy (non-hydrogen) atoms. The third kappa shape index (κ3) is 2.41. The minimum absolute atomic E-state index is 0.203. The highest BCUT2D eigenvalue weighted by Crippen LogP contribution is 2.69. The van der Waals surface area contributed by atoms with Gasteiger partial charge in [0.05, 0.1) is 51.1 Å². The summed E-state index contributed by atoms with van der Waals surface area (Å²) in [6.45, 7) is 0.203. The number of nitrogens with one attached hydrogen (secondary N) is 1. The Labute approximate surface area is 152 Å². The molecule has 1 N–H and O–H groups in total. The summed E-state index contributed by atoms with van der Waals surface area (Å²) >= 11 is 0. The Morgan fingerprint density at radius 2 is 1.80 bits per heavy atom. The van der Waals surface area contributed by atoms with Crippen LogP contribution in [0.3, 0.4) is 0 Å². The van der Waals surface area contributed by atoms with Crippen molar-refractivity contribution < 1.29 is 0 Å². The predicted molar refractivity (Wildman–Crippen MR) is 101 cm³/mol. The second-order valence-corrected chi connectivity index (χ2v) is 6.94. The first-order valence-corrected chi connectivity index (χ1v) is 7.99. The summed E-state index contributed by atoms with van der Waals surface area (Å²) in [5.41, 5.74) is 2.36. The lowest BCUT2D eigenvalue weighted by atomic mass is 9.27. The zero-order valence-corrected chi connectivity index (χ0v) is 13.7. The molecule has 112 valence electrons. The molecule has 1 aliphatic rings. The molecule has 0 unspecified atom stereocenters. The summed E-state index contributed by atoms with van der Waals surface area (Å²) in [4.78, 5) is 11.6. The number of nitrogens with zero attached hydrogens (tertiary/aromatic N) is 4. The molecule has 0 aromatic carbocycles. The van der Waals surface area contributed by atoms with E-state index in [4.69, 9.17) is 39.2 Å². The van der Waals surface area contributed by atoms with Crippen molar-refractivity contribution in [3.8, 4) is 11.3 Å². The van der Waals surface area contributed by atoms with Crippen LogP contribution in [0.5, 0.6) is 0 Å². The van der Waals surface area contributed by atoms with E-state index < -0.39 is 15.7 Å². The maximum atomic E-state index is 6.48. The Balaban J connectivity index is 1.70. The lowest BCUT2D eigenvalue weighted by Crippen LogP contribution is -2.39. The normalized spacial score (nSPS) is 20.8. The summed E-state index contributed by atoms with van der Waals surface area (Å²) < 4.78 is 1.66. The van der Waals surface area contributed by atoms with Crippen LogP contribution >= 0.6 is 0 Å². The molecule has 4 rings (SSSR count). The van der Waals surface area contributed by atoms with Gasteiger partial charge < -0.3 is 4.98 Å². The van der Waals surface area contributed by atoms with E-state index in [1.54, 1.807) is 10.9 Å². The number of rotatable bonds is 3. The average Bonchev–Trinajstić information content (AvgIpc) is 3.24. The van der Waals surface area contributed by atoms with Gasteiger partial charge in [-0.1, -0.05) is 18.2 Å². The van der Waals surface area contributed by atoms with Crippen LogP contribution in [0.2, 0.25) is 15.7 Å². The van der Waals surface area contributed by atoms with Gasteiger partial charge in [0.25, 0.3) is 0 Å². The molecule has 3 aromatic rings. The molecule has 10 heteroatoms. The Kier molecular flexibility index (Phi) is 3.54. The van der Waals surface area contributed by atoms with Crippen LogP contribution in [-0.2, 0) is 6.54 Å². The predicted octanol–water partition coefficient (Wildman–Crippen LogP) is 0.849. The first kappa shape index (κ1) is 16.6. The van der Waals surface area contributed by atoms with E-state index in [9.17, 15) is 0 Å². The molecule has 0 aliphatic heterocycles. The average molecular weight is 316 g/mol. The van der Waals surface area contributed by atoms with Gasteiger partial charge in [0.1, 0.15) is 12.0 Å². The molecular formula is C15H12B5N5. The van der Waals surface area contributed by atoms with Gasteiger partial charge in [-0.3, -0.25) is 4.68 Å². The van der Waals surface area contributed by atoms with Crippen molar-refractivity contribution in [2.45, 2.75) is 35.1 Å². The Hall–Kier alpha value is -1.85. The van der Waals surface area contributed by atoms with E-state index in [0.29, 0.717) is 12.8 Å². The van der Waals surface area contributed by atoms with Crippen molar-refractivity contribution in [3.05, 3.63) is 31.0 Å². The molecule has 0 atom stereocenters. The Morgan fingerprint density at radius 3 is 2.52 bits per heavy atom. The lowest BCUT2D eigenvalue weighted by Gasteiger charge is -2.49. The van der Waals surface area contributed by atoms with Gasteiger partial charge in [-0.25, -0.2) is 9.97 Å². The van der Waals surface area contributed by atoms with Crippen molar-refractivity contribution in [3.63, 3.8) is 0 Å². The lowest BCUT2D eigenvalue weighted by molar-refractivity contribution is 0.411. The number of H-pyrrole nitrogens is 1. The standard InChI is InChI=1S/C15H12B5N5/c16-13(14(17,18)2-3-15(13,19)20)7-25-6-9(5-24-25)11-10-1-4-21-12(10)23-8-22-11/h1,4-6,8H,2-3,7H2,(H,21,22,23). The maximum absolute atomic E-state index is 6.48. The van der Waals surface area contributed by atoms with Gasteiger partial charge in [-0.2, -0.15) is 5.10 Å². The third-order valence-corrected chi connectivity index (χ3v) is 5.29. The smallest absolute Gasteiger partial charge is 0.141 e. The minimum Gasteiger partial charge on any atom is -0.346 e. The molecule has 10 radical (unpaired) electrons. The molecular weight excluding hydrogens is 304 g/mol. The van der Waals surface area contributed by atoms with E-state index in [1.165, 1.54) is 6.33 Å². The van der Waals surface area contributed by atoms with Gasteiger partial charge in [-0.05, 0) is 6.07 Å². The van der Waals surface area contributed by atoms with E-state index >= 15 is 0 Å². The van der Waals surface area contributed by atoms with E-state index in [0.717, 1.165) is 22.3 Å². The van der Waals surface area contributed by atoms with Gasteiger partial charge in [0.2, 0.25) is 0 Å². The zero-order chi connectivity index (χ0) is 17.9. The van der Waals surface area contributed by atoms with E-state index in [1.807, 2.05) is 18.5 Å².